The predicted octanol–water partition coefficient (Wildman–Crippen LogP) is 3.23. The lowest BCUT2D eigenvalue weighted by Gasteiger charge is -2.12. The Kier molecular flexibility index (Phi) is 7.29. The van der Waals surface area contributed by atoms with Crippen molar-refractivity contribution in [3.63, 3.8) is 0 Å². The molecule has 27 heavy (non-hydrogen) atoms. The Morgan fingerprint density at radius 2 is 1.78 bits per heavy atom. The van der Waals surface area contributed by atoms with Crippen molar-refractivity contribution in [3.8, 4) is 17.5 Å². The summed E-state index contributed by atoms with van der Waals surface area (Å²) in [6.07, 6.45) is 3.74. The zero-order chi connectivity index (χ0) is 19.6. The zero-order valence-electron chi connectivity index (χ0n) is 15.4. The first-order valence-electron chi connectivity index (χ1n) is 8.40. The van der Waals surface area contributed by atoms with E-state index in [0.717, 1.165) is 24.5 Å². The van der Waals surface area contributed by atoms with E-state index in [1.807, 2.05) is 30.5 Å². The molecule has 0 bridgehead atoms. The SMILES string of the molecule is CN(C)Cc1ccc(Cn2ccnc2-c2ccccc2C#N)cc1.O=CO. The van der Waals surface area contributed by atoms with E-state index in [1.165, 1.54) is 11.1 Å². The summed E-state index contributed by atoms with van der Waals surface area (Å²) in [4.78, 5) is 15.0. The van der Waals surface area contributed by atoms with E-state index in [9.17, 15) is 5.26 Å². The summed E-state index contributed by atoms with van der Waals surface area (Å²) in [7, 11) is 4.14. The molecule has 0 aliphatic carbocycles. The van der Waals surface area contributed by atoms with Gasteiger partial charge in [0.25, 0.3) is 6.47 Å². The lowest BCUT2D eigenvalue weighted by atomic mass is 10.1. The van der Waals surface area contributed by atoms with Crippen LogP contribution in [0.1, 0.15) is 16.7 Å². The van der Waals surface area contributed by atoms with Crippen LogP contribution >= 0.6 is 0 Å². The van der Waals surface area contributed by atoms with E-state index in [4.69, 9.17) is 9.90 Å². The monoisotopic (exact) mass is 362 g/mol. The van der Waals surface area contributed by atoms with Crippen molar-refractivity contribution in [2.24, 2.45) is 0 Å². The van der Waals surface area contributed by atoms with Gasteiger partial charge in [0.15, 0.2) is 0 Å². The number of hydrogen-bond acceptors (Lipinski definition) is 4. The van der Waals surface area contributed by atoms with Gasteiger partial charge in [-0.1, -0.05) is 36.4 Å². The number of carboxylic acid groups (broad SMARTS) is 1. The molecule has 0 saturated carbocycles. The molecule has 2 aromatic carbocycles. The van der Waals surface area contributed by atoms with E-state index in [0.29, 0.717) is 5.56 Å². The molecule has 6 heteroatoms. The lowest BCUT2D eigenvalue weighted by molar-refractivity contribution is -0.122. The largest absolute Gasteiger partial charge is 0.483 e. The summed E-state index contributed by atoms with van der Waals surface area (Å²) in [5, 5.41) is 16.2. The van der Waals surface area contributed by atoms with Gasteiger partial charge in [-0.15, -0.1) is 0 Å². The van der Waals surface area contributed by atoms with Crippen LogP contribution in [0.2, 0.25) is 0 Å². The Morgan fingerprint density at radius 1 is 1.15 bits per heavy atom. The molecule has 0 saturated heterocycles. The fourth-order valence-corrected chi connectivity index (χ4v) is 2.77. The average molecular weight is 362 g/mol. The maximum Gasteiger partial charge on any atom is 0.290 e. The van der Waals surface area contributed by atoms with Crippen LogP contribution in [0.25, 0.3) is 11.4 Å². The highest BCUT2D eigenvalue weighted by molar-refractivity contribution is 5.64. The third kappa shape index (κ3) is 5.53. The van der Waals surface area contributed by atoms with Crippen LogP contribution in [0.4, 0.5) is 0 Å². The highest BCUT2D eigenvalue weighted by Gasteiger charge is 2.10. The summed E-state index contributed by atoms with van der Waals surface area (Å²) in [6.45, 7) is 1.42. The summed E-state index contributed by atoms with van der Waals surface area (Å²) < 4.78 is 2.08. The molecule has 0 atom stereocenters. The Bertz CT molecular complexity index is 908. The van der Waals surface area contributed by atoms with Crippen molar-refractivity contribution in [1.82, 2.24) is 14.5 Å². The van der Waals surface area contributed by atoms with Crippen LogP contribution in [0.15, 0.2) is 60.9 Å². The molecule has 1 N–H and O–H groups in total. The normalized spacial score (nSPS) is 10.0. The van der Waals surface area contributed by atoms with Crippen LogP contribution in [-0.4, -0.2) is 40.1 Å². The van der Waals surface area contributed by atoms with Crippen molar-refractivity contribution < 1.29 is 9.90 Å². The van der Waals surface area contributed by atoms with Gasteiger partial charge in [-0.05, 0) is 37.4 Å². The fraction of sp³-hybridized carbons (Fsp3) is 0.190. The Hall–Kier alpha value is -3.43. The summed E-state index contributed by atoms with van der Waals surface area (Å²) in [6, 6.07) is 18.4. The molecular formula is C21H22N4O2. The Morgan fingerprint density at radius 3 is 2.41 bits per heavy atom. The van der Waals surface area contributed by atoms with Gasteiger partial charge >= 0.3 is 0 Å². The molecule has 0 spiro atoms. The molecule has 0 aliphatic heterocycles. The van der Waals surface area contributed by atoms with Crippen molar-refractivity contribution in [1.29, 1.82) is 5.26 Å². The van der Waals surface area contributed by atoms with Crippen LogP contribution in [0.3, 0.4) is 0 Å². The van der Waals surface area contributed by atoms with Crippen LogP contribution in [-0.2, 0) is 17.9 Å². The molecule has 1 aromatic heterocycles. The highest BCUT2D eigenvalue weighted by Crippen LogP contribution is 2.22. The number of aromatic nitrogens is 2. The third-order valence-electron chi connectivity index (χ3n) is 3.88. The van der Waals surface area contributed by atoms with Crippen LogP contribution < -0.4 is 0 Å². The predicted molar refractivity (Wildman–Crippen MR) is 104 cm³/mol. The first kappa shape index (κ1) is 19.9. The number of nitriles is 1. The standard InChI is InChI=1S/C20H20N4.CH2O2/c1-23(2)14-16-7-9-17(10-8-16)15-24-12-11-22-20(24)19-6-4-3-5-18(19)13-21;2-1-3/h3-12H,14-15H2,1-2H3;1H,(H,2,3). The maximum absolute atomic E-state index is 9.31. The maximum atomic E-state index is 9.31. The van der Waals surface area contributed by atoms with Gasteiger partial charge in [0, 0.05) is 31.0 Å². The van der Waals surface area contributed by atoms with Gasteiger partial charge < -0.3 is 14.6 Å². The van der Waals surface area contributed by atoms with E-state index >= 15 is 0 Å². The number of carbonyl (C=O) groups is 1. The first-order valence-corrected chi connectivity index (χ1v) is 8.40. The summed E-state index contributed by atoms with van der Waals surface area (Å²) in [5.41, 5.74) is 4.02. The van der Waals surface area contributed by atoms with Gasteiger partial charge in [-0.3, -0.25) is 4.79 Å². The lowest BCUT2D eigenvalue weighted by Crippen LogP contribution is -2.10. The van der Waals surface area contributed by atoms with Crippen molar-refractivity contribution in [3.05, 3.63) is 77.6 Å². The number of hydrogen-bond donors (Lipinski definition) is 1. The molecule has 1 heterocycles. The second kappa shape index (κ2) is 9.90. The van der Waals surface area contributed by atoms with Crippen molar-refractivity contribution in [2.75, 3.05) is 14.1 Å². The number of imidazole rings is 1. The first-order chi connectivity index (χ1) is 13.1. The molecule has 0 fully saturated rings. The number of benzene rings is 2. The average Bonchev–Trinajstić information content (AvgIpc) is 3.11. The third-order valence-corrected chi connectivity index (χ3v) is 3.88. The Labute approximate surface area is 158 Å². The number of nitrogens with zero attached hydrogens (tertiary/aromatic N) is 4. The number of rotatable bonds is 5. The summed E-state index contributed by atoms with van der Waals surface area (Å²) >= 11 is 0. The quantitative estimate of drug-likeness (QED) is 0.705. The molecule has 0 aliphatic rings. The minimum atomic E-state index is -0.250. The topological polar surface area (TPSA) is 82.2 Å². The molecule has 138 valence electrons. The van der Waals surface area contributed by atoms with Crippen molar-refractivity contribution >= 4 is 6.47 Å². The highest BCUT2D eigenvalue weighted by atomic mass is 16.3. The molecule has 0 unspecified atom stereocenters. The zero-order valence-corrected chi connectivity index (χ0v) is 15.4. The summed E-state index contributed by atoms with van der Waals surface area (Å²) in [5.74, 6) is 0.824. The molecule has 0 radical (unpaired) electrons. The second-order valence-electron chi connectivity index (χ2n) is 6.20. The van der Waals surface area contributed by atoms with E-state index < -0.39 is 0 Å². The van der Waals surface area contributed by atoms with Gasteiger partial charge in [0.2, 0.25) is 0 Å². The van der Waals surface area contributed by atoms with Gasteiger partial charge in [-0.25, -0.2) is 4.98 Å². The Balaban J connectivity index is 0.000000817. The van der Waals surface area contributed by atoms with Crippen LogP contribution in [0, 0.1) is 11.3 Å². The molecule has 6 nitrogen and oxygen atoms in total. The van der Waals surface area contributed by atoms with Crippen LogP contribution in [0.5, 0.6) is 0 Å². The van der Waals surface area contributed by atoms with Gasteiger partial charge in [-0.2, -0.15) is 5.26 Å². The van der Waals surface area contributed by atoms with E-state index in [1.54, 1.807) is 6.20 Å². The molecular weight excluding hydrogens is 340 g/mol. The second-order valence-corrected chi connectivity index (χ2v) is 6.20. The van der Waals surface area contributed by atoms with Gasteiger partial charge in [0.05, 0.1) is 11.6 Å². The van der Waals surface area contributed by atoms with Gasteiger partial charge in [0.1, 0.15) is 5.82 Å². The fourth-order valence-electron chi connectivity index (χ4n) is 2.77. The minimum Gasteiger partial charge on any atom is -0.483 e. The molecule has 3 aromatic rings. The van der Waals surface area contributed by atoms with E-state index in [-0.39, 0.29) is 6.47 Å². The minimum absolute atomic E-state index is 0.250. The smallest absolute Gasteiger partial charge is 0.290 e. The molecule has 0 amide bonds. The van der Waals surface area contributed by atoms with Crippen molar-refractivity contribution in [2.45, 2.75) is 13.1 Å². The van der Waals surface area contributed by atoms with E-state index in [2.05, 4.69) is 58.9 Å². The molecule has 3 rings (SSSR count).